The quantitative estimate of drug-likeness (QED) is 0.787. The van der Waals surface area contributed by atoms with E-state index in [1.807, 2.05) is 6.92 Å². The van der Waals surface area contributed by atoms with Crippen molar-refractivity contribution >= 4 is 21.9 Å². The Hall–Kier alpha value is -1.07. The van der Waals surface area contributed by atoms with Crippen molar-refractivity contribution in [2.45, 2.75) is 13.3 Å². The molecule has 0 bridgehead atoms. The summed E-state index contributed by atoms with van der Waals surface area (Å²) in [4.78, 5) is 11.0. The first-order valence-electron chi connectivity index (χ1n) is 5.38. The Labute approximate surface area is 109 Å². The highest BCUT2D eigenvalue weighted by molar-refractivity contribution is 9.10. The van der Waals surface area contributed by atoms with Crippen molar-refractivity contribution in [2.24, 2.45) is 0 Å². The van der Waals surface area contributed by atoms with E-state index in [0.717, 1.165) is 10.9 Å². The number of carbonyl (C=O) groups is 1. The maximum Gasteiger partial charge on any atom is 0.339 e. The van der Waals surface area contributed by atoms with Gasteiger partial charge in [0.25, 0.3) is 0 Å². The van der Waals surface area contributed by atoms with E-state index >= 15 is 0 Å². The molecule has 0 amide bonds. The highest BCUT2D eigenvalue weighted by Crippen LogP contribution is 2.23. The van der Waals surface area contributed by atoms with Crippen LogP contribution in [-0.4, -0.2) is 30.9 Å². The molecule has 0 aliphatic rings. The van der Waals surface area contributed by atoms with Gasteiger partial charge in [0.05, 0.1) is 6.61 Å². The molecule has 0 heterocycles. The molecule has 1 rings (SSSR count). The van der Waals surface area contributed by atoms with Crippen molar-refractivity contribution in [2.75, 3.05) is 19.8 Å². The lowest BCUT2D eigenvalue weighted by atomic mass is 10.2. The summed E-state index contributed by atoms with van der Waals surface area (Å²) >= 11 is 3.23. The number of halogens is 1. The van der Waals surface area contributed by atoms with Gasteiger partial charge in [-0.15, -0.1) is 0 Å². The number of hydrogen-bond acceptors (Lipinski definition) is 3. The molecule has 94 valence electrons. The molecular formula is C12H15BrO4. The fourth-order valence-electron chi connectivity index (χ4n) is 1.28. The van der Waals surface area contributed by atoms with E-state index < -0.39 is 5.97 Å². The van der Waals surface area contributed by atoms with Crippen LogP contribution < -0.4 is 4.74 Å². The zero-order chi connectivity index (χ0) is 12.7. The minimum Gasteiger partial charge on any atom is -0.493 e. The molecule has 0 aliphatic carbocycles. The van der Waals surface area contributed by atoms with Crippen LogP contribution in [0.2, 0.25) is 0 Å². The zero-order valence-corrected chi connectivity index (χ0v) is 11.2. The molecule has 0 spiro atoms. The molecular weight excluding hydrogens is 288 g/mol. The second-order valence-corrected chi connectivity index (χ2v) is 4.26. The Morgan fingerprint density at radius 1 is 1.41 bits per heavy atom. The fourth-order valence-corrected chi connectivity index (χ4v) is 1.64. The lowest BCUT2D eigenvalue weighted by molar-refractivity contribution is 0.0691. The van der Waals surface area contributed by atoms with Gasteiger partial charge in [-0.25, -0.2) is 4.79 Å². The molecule has 17 heavy (non-hydrogen) atoms. The van der Waals surface area contributed by atoms with Gasteiger partial charge < -0.3 is 14.6 Å². The molecule has 0 unspecified atom stereocenters. The summed E-state index contributed by atoms with van der Waals surface area (Å²) < 4.78 is 11.3. The van der Waals surface area contributed by atoms with E-state index in [0.29, 0.717) is 25.6 Å². The van der Waals surface area contributed by atoms with E-state index in [4.69, 9.17) is 14.6 Å². The Morgan fingerprint density at radius 3 is 2.82 bits per heavy atom. The summed E-state index contributed by atoms with van der Waals surface area (Å²) in [5, 5.41) is 9.01. The first-order valence-corrected chi connectivity index (χ1v) is 6.18. The molecule has 5 heteroatoms. The predicted molar refractivity (Wildman–Crippen MR) is 67.7 cm³/mol. The molecule has 4 nitrogen and oxygen atoms in total. The van der Waals surface area contributed by atoms with Crippen LogP contribution in [0.1, 0.15) is 23.7 Å². The number of carboxylic acids is 1. The van der Waals surface area contributed by atoms with Gasteiger partial charge in [0.1, 0.15) is 11.3 Å². The van der Waals surface area contributed by atoms with Crippen molar-refractivity contribution < 1.29 is 19.4 Å². The van der Waals surface area contributed by atoms with E-state index in [1.165, 1.54) is 6.07 Å². The molecule has 1 N–H and O–H groups in total. The molecule has 1 aromatic rings. The van der Waals surface area contributed by atoms with Crippen LogP contribution in [0.4, 0.5) is 0 Å². The van der Waals surface area contributed by atoms with Gasteiger partial charge in [-0.2, -0.15) is 0 Å². The van der Waals surface area contributed by atoms with E-state index in [9.17, 15) is 4.79 Å². The summed E-state index contributed by atoms with van der Waals surface area (Å²) in [7, 11) is 0. The molecule has 0 radical (unpaired) electrons. The third-order valence-corrected chi connectivity index (χ3v) is 2.56. The maximum absolute atomic E-state index is 11.0. The smallest absolute Gasteiger partial charge is 0.339 e. The van der Waals surface area contributed by atoms with Gasteiger partial charge in [-0.05, 0) is 25.1 Å². The zero-order valence-electron chi connectivity index (χ0n) is 9.61. The third kappa shape index (κ3) is 4.75. The van der Waals surface area contributed by atoms with Crippen LogP contribution in [0.3, 0.4) is 0 Å². The Balaban J connectivity index is 2.55. The molecule has 0 atom stereocenters. The lowest BCUT2D eigenvalue weighted by Crippen LogP contribution is -2.06. The third-order valence-electron chi connectivity index (χ3n) is 2.07. The minimum absolute atomic E-state index is 0.163. The monoisotopic (exact) mass is 302 g/mol. The second-order valence-electron chi connectivity index (χ2n) is 3.34. The summed E-state index contributed by atoms with van der Waals surface area (Å²) in [6, 6.07) is 4.93. The molecule has 0 saturated carbocycles. The minimum atomic E-state index is -0.994. The Bertz CT molecular complexity index is 379. The molecule has 0 aliphatic heterocycles. The van der Waals surface area contributed by atoms with E-state index in [1.54, 1.807) is 12.1 Å². The van der Waals surface area contributed by atoms with Crippen molar-refractivity contribution in [3.05, 3.63) is 28.2 Å². The number of carboxylic acid groups (broad SMARTS) is 1. The number of rotatable bonds is 7. The second kappa shape index (κ2) is 7.29. The molecule has 0 saturated heterocycles. The van der Waals surface area contributed by atoms with Gasteiger partial charge in [0.15, 0.2) is 0 Å². The van der Waals surface area contributed by atoms with Crippen LogP contribution >= 0.6 is 15.9 Å². The van der Waals surface area contributed by atoms with Crippen LogP contribution in [0, 0.1) is 0 Å². The van der Waals surface area contributed by atoms with Crippen LogP contribution in [0.5, 0.6) is 5.75 Å². The van der Waals surface area contributed by atoms with Crippen LogP contribution in [0.25, 0.3) is 0 Å². The number of ether oxygens (including phenoxy) is 2. The first-order chi connectivity index (χ1) is 8.15. The van der Waals surface area contributed by atoms with Crippen molar-refractivity contribution in [1.82, 2.24) is 0 Å². The normalized spacial score (nSPS) is 10.2. The van der Waals surface area contributed by atoms with Crippen molar-refractivity contribution in [3.63, 3.8) is 0 Å². The number of hydrogen-bond donors (Lipinski definition) is 1. The van der Waals surface area contributed by atoms with Crippen molar-refractivity contribution in [1.29, 1.82) is 0 Å². The SMILES string of the molecule is CCOCCCOc1ccc(Br)cc1C(=O)O. The lowest BCUT2D eigenvalue weighted by Gasteiger charge is -2.09. The molecule has 0 fully saturated rings. The van der Waals surface area contributed by atoms with Gasteiger partial charge in [-0.1, -0.05) is 15.9 Å². The number of aromatic carboxylic acids is 1. The molecule has 1 aromatic carbocycles. The maximum atomic E-state index is 11.0. The van der Waals surface area contributed by atoms with E-state index in [2.05, 4.69) is 15.9 Å². The first kappa shape index (κ1) is 14.0. The largest absolute Gasteiger partial charge is 0.493 e. The summed E-state index contributed by atoms with van der Waals surface area (Å²) in [5.74, 6) is -0.608. The summed E-state index contributed by atoms with van der Waals surface area (Å²) in [5.41, 5.74) is 0.163. The fraction of sp³-hybridized carbons (Fsp3) is 0.417. The van der Waals surface area contributed by atoms with E-state index in [-0.39, 0.29) is 5.56 Å². The average Bonchev–Trinajstić information content (AvgIpc) is 2.30. The predicted octanol–water partition coefficient (Wildman–Crippen LogP) is 2.95. The highest BCUT2D eigenvalue weighted by Gasteiger charge is 2.11. The Morgan fingerprint density at radius 2 is 2.18 bits per heavy atom. The van der Waals surface area contributed by atoms with Crippen LogP contribution in [-0.2, 0) is 4.74 Å². The summed E-state index contributed by atoms with van der Waals surface area (Å²) in [6.07, 6.45) is 0.739. The average molecular weight is 303 g/mol. The van der Waals surface area contributed by atoms with Gasteiger partial charge in [-0.3, -0.25) is 0 Å². The topological polar surface area (TPSA) is 55.8 Å². The highest BCUT2D eigenvalue weighted by atomic mass is 79.9. The van der Waals surface area contributed by atoms with Crippen molar-refractivity contribution in [3.8, 4) is 5.75 Å². The molecule has 0 aromatic heterocycles. The van der Waals surface area contributed by atoms with Gasteiger partial charge in [0.2, 0.25) is 0 Å². The Kier molecular flexibility index (Phi) is 6.00. The summed E-state index contributed by atoms with van der Waals surface area (Å²) in [6.45, 7) is 3.67. The van der Waals surface area contributed by atoms with Crippen LogP contribution in [0.15, 0.2) is 22.7 Å². The number of benzene rings is 1. The van der Waals surface area contributed by atoms with Gasteiger partial charge >= 0.3 is 5.97 Å². The standard InChI is InChI=1S/C12H15BrO4/c1-2-16-6-3-7-17-11-5-4-9(13)8-10(11)12(14)15/h4-5,8H,2-3,6-7H2,1H3,(H,14,15). The van der Waals surface area contributed by atoms with Gasteiger partial charge in [0, 0.05) is 24.1 Å².